The molecule has 10 heteroatoms. The van der Waals surface area contributed by atoms with Crippen molar-refractivity contribution in [3.63, 3.8) is 0 Å². The van der Waals surface area contributed by atoms with E-state index in [0.29, 0.717) is 54.5 Å². The molecule has 0 radical (unpaired) electrons. The van der Waals surface area contributed by atoms with E-state index in [1.54, 1.807) is 12.3 Å². The lowest BCUT2D eigenvalue weighted by Crippen LogP contribution is -2.51. The molecular formula is C29H29ClFN7O. The molecule has 2 fully saturated rings. The van der Waals surface area contributed by atoms with Crippen molar-refractivity contribution in [2.45, 2.75) is 31.3 Å². The maximum absolute atomic E-state index is 16.4. The topological polar surface area (TPSA) is 90.2 Å². The number of nitrogens with zero attached hydrogens (tertiary/aromatic N) is 6. The number of benzene rings is 2. The van der Waals surface area contributed by atoms with E-state index >= 15 is 4.39 Å². The van der Waals surface area contributed by atoms with Crippen molar-refractivity contribution in [2.75, 3.05) is 44.7 Å². The second kappa shape index (κ2) is 10.9. The van der Waals surface area contributed by atoms with E-state index in [-0.39, 0.29) is 29.3 Å². The van der Waals surface area contributed by atoms with Crippen LogP contribution in [0.4, 0.5) is 10.2 Å². The van der Waals surface area contributed by atoms with Gasteiger partial charge in [-0.1, -0.05) is 41.9 Å². The Labute approximate surface area is 231 Å². The molecule has 200 valence electrons. The van der Waals surface area contributed by atoms with E-state index in [2.05, 4.69) is 38.2 Å². The van der Waals surface area contributed by atoms with Gasteiger partial charge in [-0.05, 0) is 37.9 Å². The number of hydrogen-bond acceptors (Lipinski definition) is 8. The summed E-state index contributed by atoms with van der Waals surface area (Å²) in [5.74, 6) is 0.0169. The van der Waals surface area contributed by atoms with E-state index in [4.69, 9.17) is 21.3 Å². The van der Waals surface area contributed by atoms with Crippen molar-refractivity contribution in [3.05, 3.63) is 53.4 Å². The zero-order valence-electron chi connectivity index (χ0n) is 21.7. The number of hydrogen-bond donors (Lipinski definition) is 1. The minimum Gasteiger partial charge on any atom is -0.462 e. The second-order valence-corrected chi connectivity index (χ2v) is 10.6. The van der Waals surface area contributed by atoms with Crippen LogP contribution in [0.15, 0.2) is 42.6 Å². The highest BCUT2D eigenvalue weighted by Crippen LogP contribution is 2.37. The monoisotopic (exact) mass is 545 g/mol. The van der Waals surface area contributed by atoms with E-state index in [1.807, 2.05) is 30.3 Å². The molecule has 0 aliphatic carbocycles. The molecule has 4 heterocycles. The van der Waals surface area contributed by atoms with Crippen molar-refractivity contribution in [3.8, 4) is 23.3 Å². The Morgan fingerprint density at radius 1 is 1.21 bits per heavy atom. The third-order valence-corrected chi connectivity index (χ3v) is 8.04. The molecule has 0 bridgehead atoms. The summed E-state index contributed by atoms with van der Waals surface area (Å²) in [7, 11) is 2.08. The van der Waals surface area contributed by atoms with Gasteiger partial charge in [0, 0.05) is 53.9 Å². The molecule has 8 nitrogen and oxygen atoms in total. The van der Waals surface area contributed by atoms with Crippen LogP contribution in [0.5, 0.6) is 6.01 Å². The summed E-state index contributed by atoms with van der Waals surface area (Å²) >= 11 is 6.55. The molecule has 0 amide bonds. The number of likely N-dealkylation sites (tertiary alicyclic amines) is 1. The smallest absolute Gasteiger partial charge is 0.319 e. The molecule has 2 aliphatic rings. The number of rotatable bonds is 6. The predicted octanol–water partition coefficient (Wildman–Crippen LogP) is 4.80. The Bertz CT molecular complexity index is 1570. The fraction of sp³-hybridized carbons (Fsp3) is 0.379. The average molecular weight is 546 g/mol. The van der Waals surface area contributed by atoms with Gasteiger partial charge in [-0.15, -0.1) is 0 Å². The van der Waals surface area contributed by atoms with Crippen LogP contribution in [0.3, 0.4) is 0 Å². The third kappa shape index (κ3) is 4.96. The van der Waals surface area contributed by atoms with Gasteiger partial charge in [0.2, 0.25) is 0 Å². The fourth-order valence-electron chi connectivity index (χ4n) is 5.63. The van der Waals surface area contributed by atoms with E-state index in [0.717, 1.165) is 30.2 Å². The van der Waals surface area contributed by atoms with Crippen LogP contribution >= 0.6 is 11.6 Å². The zero-order valence-corrected chi connectivity index (χ0v) is 22.5. The van der Waals surface area contributed by atoms with Gasteiger partial charge in [0.15, 0.2) is 5.82 Å². The number of nitriles is 1. The summed E-state index contributed by atoms with van der Waals surface area (Å²) in [6, 6.07) is 13.9. The minimum absolute atomic E-state index is 0.0137. The van der Waals surface area contributed by atoms with Gasteiger partial charge in [0.25, 0.3) is 0 Å². The van der Waals surface area contributed by atoms with Gasteiger partial charge >= 0.3 is 6.01 Å². The summed E-state index contributed by atoms with van der Waals surface area (Å²) in [6.07, 6.45) is 4.16. The Balaban J connectivity index is 1.47. The molecule has 2 aromatic carbocycles. The van der Waals surface area contributed by atoms with Crippen molar-refractivity contribution >= 4 is 39.1 Å². The van der Waals surface area contributed by atoms with Crippen LogP contribution in [-0.4, -0.2) is 71.8 Å². The highest BCUT2D eigenvalue weighted by Gasteiger charge is 2.27. The van der Waals surface area contributed by atoms with Gasteiger partial charge in [-0.25, -0.2) is 4.39 Å². The average Bonchev–Trinajstić information content (AvgIpc) is 3.36. The van der Waals surface area contributed by atoms with Gasteiger partial charge < -0.3 is 19.9 Å². The van der Waals surface area contributed by atoms with Crippen LogP contribution in [-0.2, 0) is 0 Å². The van der Waals surface area contributed by atoms with Crippen molar-refractivity contribution in [2.24, 2.45) is 0 Å². The minimum atomic E-state index is -0.546. The lowest BCUT2D eigenvalue weighted by Gasteiger charge is -2.34. The number of piperazine rings is 1. The number of anilines is 1. The second-order valence-electron chi connectivity index (χ2n) is 10.2. The van der Waals surface area contributed by atoms with Gasteiger partial charge in [-0.2, -0.15) is 15.2 Å². The summed E-state index contributed by atoms with van der Waals surface area (Å²) in [6.45, 7) is 3.35. The van der Waals surface area contributed by atoms with Gasteiger partial charge in [-0.3, -0.25) is 4.98 Å². The van der Waals surface area contributed by atoms with E-state index < -0.39 is 5.82 Å². The number of fused-ring (bicyclic) bond motifs is 2. The van der Waals surface area contributed by atoms with Crippen LogP contribution in [0.25, 0.3) is 32.9 Å². The Morgan fingerprint density at radius 3 is 2.85 bits per heavy atom. The molecule has 2 atom stereocenters. The standard InChI is InChI=1S/C29H29ClFN7O/c1-37-13-4-7-20(37)17-39-29-35-27-22(28(36-29)38-14-12-33-19(16-38)10-11-32)15-34-26(25(27)31)21-8-2-5-18-6-3-9-23(30)24(18)21/h2-3,5-6,8-9,15,19-20,33H,4,7,10,12-14,16-17H2,1H3/t19-,20?/m0/s1. The first kappa shape index (κ1) is 25.7. The Morgan fingerprint density at radius 2 is 2.05 bits per heavy atom. The number of pyridine rings is 1. The molecule has 39 heavy (non-hydrogen) atoms. The number of likely N-dealkylation sites (N-methyl/N-ethyl adjacent to an activating group) is 1. The third-order valence-electron chi connectivity index (χ3n) is 7.72. The molecule has 2 aromatic heterocycles. The maximum Gasteiger partial charge on any atom is 0.319 e. The van der Waals surface area contributed by atoms with E-state index in [9.17, 15) is 5.26 Å². The van der Waals surface area contributed by atoms with Crippen molar-refractivity contribution in [1.29, 1.82) is 5.26 Å². The highest BCUT2D eigenvalue weighted by molar-refractivity contribution is 6.36. The molecule has 0 saturated carbocycles. The molecule has 2 aliphatic heterocycles. The number of halogens is 2. The summed E-state index contributed by atoms with van der Waals surface area (Å²) in [5.41, 5.74) is 0.929. The summed E-state index contributed by atoms with van der Waals surface area (Å²) in [4.78, 5) is 18.2. The lowest BCUT2D eigenvalue weighted by molar-refractivity contribution is 0.188. The Hall–Kier alpha value is -3.58. The molecule has 6 rings (SSSR count). The molecule has 1 N–H and O–H groups in total. The molecule has 4 aromatic rings. The lowest BCUT2D eigenvalue weighted by atomic mass is 10.0. The quantitative estimate of drug-likeness (QED) is 0.369. The normalized spacial score (nSPS) is 20.0. The van der Waals surface area contributed by atoms with Gasteiger partial charge in [0.05, 0.1) is 17.9 Å². The van der Waals surface area contributed by atoms with Crippen molar-refractivity contribution in [1.82, 2.24) is 25.2 Å². The predicted molar refractivity (Wildman–Crippen MR) is 151 cm³/mol. The highest BCUT2D eigenvalue weighted by atomic mass is 35.5. The molecule has 0 spiro atoms. The largest absolute Gasteiger partial charge is 0.462 e. The maximum atomic E-state index is 16.4. The van der Waals surface area contributed by atoms with Crippen LogP contribution in [0.1, 0.15) is 19.3 Å². The first-order valence-electron chi connectivity index (χ1n) is 13.3. The van der Waals surface area contributed by atoms with Gasteiger partial charge in [0.1, 0.15) is 23.6 Å². The number of ether oxygens (including phenoxy) is 1. The SMILES string of the molecule is CN1CCCC1COc1nc(N2CCN[C@@H](CC#N)C2)c2cnc(-c3cccc4cccc(Cl)c34)c(F)c2n1. The Kier molecular flexibility index (Phi) is 7.17. The molecule has 1 unspecified atom stereocenters. The molecular weight excluding hydrogens is 517 g/mol. The fourth-order valence-corrected chi connectivity index (χ4v) is 5.92. The van der Waals surface area contributed by atoms with Crippen molar-refractivity contribution < 1.29 is 9.13 Å². The van der Waals surface area contributed by atoms with E-state index in [1.165, 1.54) is 0 Å². The first-order chi connectivity index (χ1) is 19.0. The number of aromatic nitrogens is 3. The summed E-state index contributed by atoms with van der Waals surface area (Å²) < 4.78 is 22.5. The van der Waals surface area contributed by atoms with Crippen LogP contribution < -0.4 is 15.0 Å². The number of nitrogens with one attached hydrogen (secondary N) is 1. The first-order valence-corrected chi connectivity index (χ1v) is 13.6. The zero-order chi connectivity index (χ0) is 26.9. The molecule has 2 saturated heterocycles. The summed E-state index contributed by atoms with van der Waals surface area (Å²) in [5, 5.41) is 15.3. The van der Waals surface area contributed by atoms with Crippen LogP contribution in [0.2, 0.25) is 5.02 Å². The van der Waals surface area contributed by atoms with Crippen LogP contribution in [0, 0.1) is 17.1 Å².